The van der Waals surface area contributed by atoms with Crippen molar-refractivity contribution >= 4 is 35.5 Å². The first-order valence-corrected chi connectivity index (χ1v) is 10.3. The van der Waals surface area contributed by atoms with Gasteiger partial charge in [0.1, 0.15) is 5.82 Å². The fraction of sp³-hybridized carbons (Fsp3) is 0.0800. The van der Waals surface area contributed by atoms with Crippen LogP contribution in [0.3, 0.4) is 0 Å². The molecular weight excluding hydrogens is 449 g/mol. The highest BCUT2D eigenvalue weighted by molar-refractivity contribution is 6.30. The van der Waals surface area contributed by atoms with E-state index in [4.69, 9.17) is 25.8 Å². The highest BCUT2D eigenvalue weighted by Crippen LogP contribution is 2.31. The number of nitrogens with zero attached hydrogens (tertiary/aromatic N) is 1. The second kappa shape index (κ2) is 9.67. The van der Waals surface area contributed by atoms with E-state index in [9.17, 15) is 14.0 Å². The number of rotatable bonds is 6. The third kappa shape index (κ3) is 5.10. The van der Waals surface area contributed by atoms with Gasteiger partial charge in [-0.2, -0.15) is 0 Å². The number of ether oxygens (including phenoxy) is 3. The van der Waals surface area contributed by atoms with Gasteiger partial charge in [-0.25, -0.2) is 19.0 Å². The molecule has 166 valence electrons. The van der Waals surface area contributed by atoms with Crippen LogP contribution in [0, 0.1) is 5.82 Å². The fourth-order valence-corrected chi connectivity index (χ4v) is 3.15. The van der Waals surface area contributed by atoms with E-state index < -0.39 is 17.8 Å². The summed E-state index contributed by atoms with van der Waals surface area (Å²) in [6.07, 6.45) is 1.48. The molecule has 8 heteroatoms. The average Bonchev–Trinajstić information content (AvgIpc) is 3.16. The van der Waals surface area contributed by atoms with Crippen LogP contribution in [0.4, 0.5) is 4.39 Å². The summed E-state index contributed by atoms with van der Waals surface area (Å²) < 4.78 is 30.2. The number of carbonyl (C=O) groups excluding carboxylic acids is 2. The zero-order valence-corrected chi connectivity index (χ0v) is 18.1. The molecule has 0 atom stereocenters. The Hall–Kier alpha value is -3.97. The molecule has 0 saturated heterocycles. The van der Waals surface area contributed by atoms with Gasteiger partial charge in [0.25, 0.3) is 0 Å². The molecule has 1 heterocycles. The van der Waals surface area contributed by atoms with Crippen molar-refractivity contribution < 1.29 is 28.2 Å². The summed E-state index contributed by atoms with van der Waals surface area (Å²) in [5, 5.41) is 0.505. The lowest BCUT2D eigenvalue weighted by Crippen LogP contribution is -2.09. The van der Waals surface area contributed by atoms with Gasteiger partial charge < -0.3 is 14.2 Å². The second-order valence-corrected chi connectivity index (χ2v) is 7.29. The highest BCUT2D eigenvalue weighted by atomic mass is 35.5. The molecule has 0 radical (unpaired) electrons. The van der Waals surface area contributed by atoms with Gasteiger partial charge in [0.2, 0.25) is 5.90 Å². The van der Waals surface area contributed by atoms with Gasteiger partial charge in [-0.3, -0.25) is 0 Å². The molecule has 3 aromatic rings. The average molecular weight is 466 g/mol. The minimum atomic E-state index is -0.704. The molecule has 0 N–H and O–H groups in total. The monoisotopic (exact) mass is 465 g/mol. The van der Waals surface area contributed by atoms with Crippen LogP contribution < -0.4 is 9.47 Å². The van der Waals surface area contributed by atoms with Crippen LogP contribution in [-0.4, -0.2) is 24.4 Å². The first-order chi connectivity index (χ1) is 15.9. The number of benzene rings is 3. The Morgan fingerprint density at radius 1 is 1.09 bits per heavy atom. The Bertz CT molecular complexity index is 1280. The van der Waals surface area contributed by atoms with Gasteiger partial charge in [0.15, 0.2) is 17.2 Å². The summed E-state index contributed by atoms with van der Waals surface area (Å²) in [7, 11) is 0. The van der Waals surface area contributed by atoms with E-state index in [0.29, 0.717) is 28.5 Å². The molecule has 0 aromatic heterocycles. The molecule has 33 heavy (non-hydrogen) atoms. The third-order valence-electron chi connectivity index (χ3n) is 4.58. The molecule has 0 unspecified atom stereocenters. The molecule has 0 amide bonds. The smallest absolute Gasteiger partial charge is 0.363 e. The summed E-state index contributed by atoms with van der Waals surface area (Å²) >= 11 is 5.85. The van der Waals surface area contributed by atoms with Gasteiger partial charge in [0.05, 0.1) is 17.7 Å². The van der Waals surface area contributed by atoms with Crippen LogP contribution >= 0.6 is 11.6 Å². The van der Waals surface area contributed by atoms with Gasteiger partial charge >= 0.3 is 11.9 Å². The van der Waals surface area contributed by atoms with E-state index in [1.165, 1.54) is 24.3 Å². The molecule has 1 aliphatic rings. The maximum Gasteiger partial charge on any atom is 0.363 e. The maximum atomic E-state index is 14.0. The number of hydrogen-bond acceptors (Lipinski definition) is 6. The topological polar surface area (TPSA) is 74.2 Å². The normalized spacial score (nSPS) is 14.1. The number of halogens is 2. The van der Waals surface area contributed by atoms with Crippen molar-refractivity contribution in [1.82, 2.24) is 0 Å². The van der Waals surface area contributed by atoms with E-state index in [-0.39, 0.29) is 22.9 Å². The summed E-state index contributed by atoms with van der Waals surface area (Å²) in [4.78, 5) is 28.8. The molecule has 4 rings (SSSR count). The van der Waals surface area contributed by atoms with Crippen molar-refractivity contribution in [2.24, 2.45) is 4.99 Å². The van der Waals surface area contributed by atoms with Crippen molar-refractivity contribution in [2.75, 3.05) is 6.61 Å². The first kappa shape index (κ1) is 22.2. The maximum absolute atomic E-state index is 14.0. The minimum absolute atomic E-state index is 0.00149. The molecule has 6 nitrogen and oxygen atoms in total. The second-order valence-electron chi connectivity index (χ2n) is 6.85. The first-order valence-electron chi connectivity index (χ1n) is 9.96. The Morgan fingerprint density at radius 2 is 1.85 bits per heavy atom. The minimum Gasteiger partial charge on any atom is -0.490 e. The van der Waals surface area contributed by atoms with Gasteiger partial charge in [-0.05, 0) is 67.1 Å². The molecule has 3 aromatic carbocycles. The van der Waals surface area contributed by atoms with E-state index >= 15 is 0 Å². The largest absolute Gasteiger partial charge is 0.490 e. The molecule has 0 saturated carbocycles. The zero-order chi connectivity index (χ0) is 23.4. The van der Waals surface area contributed by atoms with Crippen molar-refractivity contribution in [3.05, 3.63) is 100.0 Å². The predicted octanol–water partition coefficient (Wildman–Crippen LogP) is 5.44. The molecule has 1 aliphatic heterocycles. The van der Waals surface area contributed by atoms with E-state index in [1.54, 1.807) is 55.5 Å². The zero-order valence-electron chi connectivity index (χ0n) is 17.4. The van der Waals surface area contributed by atoms with Crippen LogP contribution in [0.2, 0.25) is 5.02 Å². The van der Waals surface area contributed by atoms with Crippen molar-refractivity contribution in [2.45, 2.75) is 6.92 Å². The van der Waals surface area contributed by atoms with E-state index in [0.717, 1.165) is 0 Å². The summed E-state index contributed by atoms with van der Waals surface area (Å²) in [6.45, 7) is 2.11. The van der Waals surface area contributed by atoms with Crippen LogP contribution in [0.15, 0.2) is 77.4 Å². The van der Waals surface area contributed by atoms with Gasteiger partial charge in [-0.15, -0.1) is 0 Å². The predicted molar refractivity (Wildman–Crippen MR) is 121 cm³/mol. The summed E-state index contributed by atoms with van der Waals surface area (Å²) in [6, 6.07) is 17.0. The Kier molecular flexibility index (Phi) is 6.51. The molecule has 0 bridgehead atoms. The quantitative estimate of drug-likeness (QED) is 0.275. The van der Waals surface area contributed by atoms with Gasteiger partial charge in [-0.1, -0.05) is 29.8 Å². The van der Waals surface area contributed by atoms with Gasteiger partial charge in [0, 0.05) is 5.02 Å². The van der Waals surface area contributed by atoms with E-state index in [2.05, 4.69) is 4.99 Å². The number of cyclic esters (lactones) is 1. The van der Waals surface area contributed by atoms with Crippen LogP contribution in [-0.2, 0) is 9.53 Å². The van der Waals surface area contributed by atoms with Crippen molar-refractivity contribution in [3.63, 3.8) is 0 Å². The standard InChI is InChI=1S/C25H17ClFNO5/c1-2-31-22-14-15(7-12-21(22)32-24(29)16-8-10-17(26)11-9-16)13-20-25(30)33-23(28-20)18-5-3-4-6-19(18)27/h3-14H,2H2,1H3/b20-13-. The summed E-state index contributed by atoms with van der Waals surface area (Å²) in [5.74, 6) is -1.41. The van der Waals surface area contributed by atoms with Crippen LogP contribution in [0.5, 0.6) is 11.5 Å². The molecule has 0 spiro atoms. The fourth-order valence-electron chi connectivity index (χ4n) is 3.03. The van der Waals surface area contributed by atoms with E-state index in [1.807, 2.05) is 0 Å². The number of esters is 2. The summed E-state index contributed by atoms with van der Waals surface area (Å²) in [5.41, 5.74) is 0.974. The number of carbonyl (C=O) groups is 2. The molecule has 0 fully saturated rings. The SMILES string of the molecule is CCOc1cc(/C=C2\N=C(c3ccccc3F)OC2=O)ccc1OC(=O)c1ccc(Cl)cc1. The molecule has 0 aliphatic carbocycles. The highest BCUT2D eigenvalue weighted by Gasteiger charge is 2.26. The Morgan fingerprint density at radius 3 is 2.58 bits per heavy atom. The lowest BCUT2D eigenvalue weighted by molar-refractivity contribution is -0.129. The lowest BCUT2D eigenvalue weighted by atomic mass is 10.1. The van der Waals surface area contributed by atoms with Crippen LogP contribution in [0.1, 0.15) is 28.4 Å². The Labute approximate surface area is 193 Å². The van der Waals surface area contributed by atoms with Crippen molar-refractivity contribution in [3.8, 4) is 11.5 Å². The van der Waals surface area contributed by atoms with Crippen LogP contribution in [0.25, 0.3) is 6.08 Å². The third-order valence-corrected chi connectivity index (χ3v) is 4.83. The van der Waals surface area contributed by atoms with Crippen molar-refractivity contribution in [1.29, 1.82) is 0 Å². The lowest BCUT2D eigenvalue weighted by Gasteiger charge is -2.11. The molecular formula is C25H17ClFNO5. The number of aliphatic imine (C=N–C) groups is 1. The number of hydrogen-bond donors (Lipinski definition) is 0. The Balaban J connectivity index is 1.60.